The van der Waals surface area contributed by atoms with Crippen LogP contribution in [0, 0.1) is 13.8 Å². The van der Waals surface area contributed by atoms with Crippen LogP contribution in [-0.2, 0) is 14.3 Å². The quantitative estimate of drug-likeness (QED) is 0.513. The number of hydrogen-bond donors (Lipinski definition) is 1. The number of rotatable bonds is 9. The zero-order valence-electron chi connectivity index (χ0n) is 19.7. The first-order valence-electron chi connectivity index (χ1n) is 10.6. The van der Waals surface area contributed by atoms with Gasteiger partial charge in [-0.3, -0.25) is 4.79 Å². The number of thiophene rings is 1. The second-order valence-electron chi connectivity index (χ2n) is 7.94. The smallest absolute Gasteiger partial charge is 0.348 e. The Balaban J connectivity index is 2.19. The maximum Gasteiger partial charge on any atom is 0.348 e. The highest BCUT2D eigenvalue weighted by Gasteiger charge is 2.27. The molecule has 0 aliphatic rings. The Bertz CT molecular complexity index is 993. The van der Waals surface area contributed by atoms with Gasteiger partial charge >= 0.3 is 11.9 Å². The first-order valence-corrected chi connectivity index (χ1v) is 11.4. The second kappa shape index (κ2) is 11.1. The van der Waals surface area contributed by atoms with Crippen molar-refractivity contribution in [2.75, 3.05) is 18.5 Å². The molecular formula is C24H31NO6S. The van der Waals surface area contributed by atoms with Crippen molar-refractivity contribution in [2.24, 2.45) is 0 Å². The van der Waals surface area contributed by atoms with Crippen molar-refractivity contribution in [3.63, 3.8) is 0 Å². The fraction of sp³-hybridized carbons (Fsp3) is 0.458. The lowest BCUT2D eigenvalue weighted by Crippen LogP contribution is -2.21. The van der Waals surface area contributed by atoms with Crippen LogP contribution in [0.2, 0.25) is 0 Å². The first-order chi connectivity index (χ1) is 15.0. The molecule has 0 bridgehead atoms. The molecule has 0 radical (unpaired) electrons. The molecule has 0 fully saturated rings. The van der Waals surface area contributed by atoms with Crippen molar-refractivity contribution < 1.29 is 28.6 Å². The topological polar surface area (TPSA) is 90.9 Å². The number of amides is 1. The van der Waals surface area contributed by atoms with Gasteiger partial charge in [-0.2, -0.15) is 0 Å². The fourth-order valence-electron chi connectivity index (χ4n) is 3.21. The molecule has 0 saturated carbocycles. The van der Waals surface area contributed by atoms with E-state index in [9.17, 15) is 14.4 Å². The average Bonchev–Trinajstić information content (AvgIpc) is 3.01. The monoisotopic (exact) mass is 461 g/mol. The molecule has 0 unspecified atom stereocenters. The van der Waals surface area contributed by atoms with E-state index in [2.05, 4.69) is 19.2 Å². The lowest BCUT2D eigenvalue weighted by molar-refractivity contribution is -0.118. The third-order valence-corrected chi connectivity index (χ3v) is 5.83. The van der Waals surface area contributed by atoms with Crippen molar-refractivity contribution in [2.45, 2.75) is 60.5 Å². The van der Waals surface area contributed by atoms with Gasteiger partial charge in [-0.05, 0) is 69.4 Å². The van der Waals surface area contributed by atoms with Crippen LogP contribution in [0.25, 0.3) is 0 Å². The molecule has 1 aromatic carbocycles. The molecule has 1 amide bonds. The number of hydrogen-bond acceptors (Lipinski definition) is 7. The number of carbonyl (C=O) groups excluding carboxylic acids is 3. The zero-order valence-corrected chi connectivity index (χ0v) is 20.5. The van der Waals surface area contributed by atoms with E-state index >= 15 is 0 Å². The summed E-state index contributed by atoms with van der Waals surface area (Å²) in [5.41, 5.74) is 2.87. The SMILES string of the molecule is CCOC(=O)c1c(NC(=O)COc2ccc(C(C)C)c(C)c2)sc(C(=O)OC(C)C)c1C. The normalized spacial score (nSPS) is 10.9. The number of aryl methyl sites for hydroxylation is 1. The third-order valence-electron chi connectivity index (χ3n) is 4.64. The Morgan fingerprint density at radius 1 is 1.06 bits per heavy atom. The lowest BCUT2D eigenvalue weighted by atomic mass is 9.98. The van der Waals surface area contributed by atoms with Gasteiger partial charge in [0.1, 0.15) is 15.6 Å². The molecule has 0 atom stereocenters. The maximum atomic E-state index is 12.5. The van der Waals surface area contributed by atoms with Gasteiger partial charge in [-0.15, -0.1) is 11.3 Å². The molecule has 2 rings (SSSR count). The van der Waals surface area contributed by atoms with E-state index in [0.717, 1.165) is 16.9 Å². The van der Waals surface area contributed by atoms with Crippen LogP contribution in [0.15, 0.2) is 18.2 Å². The van der Waals surface area contributed by atoms with Gasteiger partial charge in [-0.25, -0.2) is 9.59 Å². The molecule has 2 aromatic rings. The summed E-state index contributed by atoms with van der Waals surface area (Å²) in [4.78, 5) is 37.7. The predicted octanol–water partition coefficient (Wildman–Crippen LogP) is 5.25. The fourth-order valence-corrected chi connectivity index (χ4v) is 4.30. The van der Waals surface area contributed by atoms with Crippen LogP contribution in [0.5, 0.6) is 5.75 Å². The minimum Gasteiger partial charge on any atom is -0.484 e. The van der Waals surface area contributed by atoms with E-state index in [0.29, 0.717) is 17.2 Å². The number of anilines is 1. The zero-order chi connectivity index (χ0) is 24.0. The van der Waals surface area contributed by atoms with Crippen molar-refractivity contribution in [1.29, 1.82) is 0 Å². The van der Waals surface area contributed by atoms with E-state index < -0.39 is 17.8 Å². The highest BCUT2D eigenvalue weighted by molar-refractivity contribution is 7.18. The number of carbonyl (C=O) groups is 3. The maximum absolute atomic E-state index is 12.5. The van der Waals surface area contributed by atoms with Gasteiger partial charge in [-0.1, -0.05) is 19.9 Å². The Kier molecular flexibility index (Phi) is 8.83. The van der Waals surface area contributed by atoms with Crippen LogP contribution >= 0.6 is 11.3 Å². The summed E-state index contributed by atoms with van der Waals surface area (Å²) in [6.45, 7) is 13.0. The van der Waals surface area contributed by atoms with E-state index in [1.807, 2.05) is 25.1 Å². The molecule has 32 heavy (non-hydrogen) atoms. The van der Waals surface area contributed by atoms with Crippen molar-refractivity contribution in [1.82, 2.24) is 0 Å². The molecule has 1 aromatic heterocycles. The van der Waals surface area contributed by atoms with Crippen LogP contribution in [0.1, 0.15) is 77.3 Å². The van der Waals surface area contributed by atoms with E-state index in [1.165, 1.54) is 5.56 Å². The van der Waals surface area contributed by atoms with E-state index in [1.54, 1.807) is 27.7 Å². The number of nitrogens with one attached hydrogen (secondary N) is 1. The largest absolute Gasteiger partial charge is 0.484 e. The minimum atomic E-state index is -0.610. The number of benzene rings is 1. The van der Waals surface area contributed by atoms with Crippen LogP contribution in [0.4, 0.5) is 5.00 Å². The molecule has 0 aliphatic carbocycles. The Hall–Kier alpha value is -2.87. The standard InChI is InChI=1S/C24H31NO6S/c1-8-29-23(27)20-16(7)21(24(28)31-14(4)5)32-22(20)25-19(26)12-30-17-9-10-18(13(2)3)15(6)11-17/h9-11,13-14H,8,12H2,1-7H3,(H,25,26). The van der Waals surface area contributed by atoms with Gasteiger partial charge in [0.05, 0.1) is 18.3 Å². The molecule has 0 saturated heterocycles. The Morgan fingerprint density at radius 3 is 2.31 bits per heavy atom. The third kappa shape index (κ3) is 6.32. The molecule has 0 spiro atoms. The van der Waals surface area contributed by atoms with Crippen LogP contribution < -0.4 is 10.1 Å². The molecule has 174 valence electrons. The van der Waals surface area contributed by atoms with Crippen LogP contribution in [-0.4, -0.2) is 37.2 Å². The Morgan fingerprint density at radius 2 is 1.75 bits per heavy atom. The molecular weight excluding hydrogens is 430 g/mol. The van der Waals surface area contributed by atoms with Gasteiger partial charge in [0.15, 0.2) is 6.61 Å². The second-order valence-corrected chi connectivity index (χ2v) is 8.97. The van der Waals surface area contributed by atoms with Crippen LogP contribution in [0.3, 0.4) is 0 Å². The van der Waals surface area contributed by atoms with E-state index in [4.69, 9.17) is 14.2 Å². The highest BCUT2D eigenvalue weighted by Crippen LogP contribution is 2.34. The summed E-state index contributed by atoms with van der Waals surface area (Å²) in [5.74, 6) is -0.638. The molecule has 8 heteroatoms. The van der Waals surface area contributed by atoms with Gasteiger partial charge in [0, 0.05) is 0 Å². The summed E-state index contributed by atoms with van der Waals surface area (Å²) < 4.78 is 16.0. The van der Waals surface area contributed by atoms with Crippen molar-refractivity contribution in [3.8, 4) is 5.75 Å². The summed E-state index contributed by atoms with van der Waals surface area (Å²) in [5, 5.41) is 2.91. The molecule has 1 N–H and O–H groups in total. The average molecular weight is 462 g/mol. The van der Waals surface area contributed by atoms with Crippen molar-refractivity contribution in [3.05, 3.63) is 45.3 Å². The summed E-state index contributed by atoms with van der Waals surface area (Å²) >= 11 is 0.985. The number of ether oxygens (including phenoxy) is 3. The predicted molar refractivity (Wildman–Crippen MR) is 125 cm³/mol. The molecule has 7 nitrogen and oxygen atoms in total. The summed E-state index contributed by atoms with van der Waals surface area (Å²) in [6.07, 6.45) is -0.313. The lowest BCUT2D eigenvalue weighted by Gasteiger charge is -2.12. The summed E-state index contributed by atoms with van der Waals surface area (Å²) in [7, 11) is 0. The Labute approximate surface area is 193 Å². The number of esters is 2. The van der Waals surface area contributed by atoms with Gasteiger partial charge < -0.3 is 19.5 Å². The molecule has 0 aliphatic heterocycles. The van der Waals surface area contributed by atoms with Gasteiger partial charge in [0.25, 0.3) is 5.91 Å². The van der Waals surface area contributed by atoms with Crippen molar-refractivity contribution >= 4 is 34.2 Å². The minimum absolute atomic E-state index is 0.151. The van der Waals surface area contributed by atoms with E-state index in [-0.39, 0.29) is 34.8 Å². The molecule has 1 heterocycles. The highest BCUT2D eigenvalue weighted by atomic mass is 32.1. The first kappa shape index (κ1) is 25.4. The summed E-state index contributed by atoms with van der Waals surface area (Å²) in [6, 6.07) is 5.71. The van der Waals surface area contributed by atoms with Gasteiger partial charge in [0.2, 0.25) is 0 Å².